The van der Waals surface area contributed by atoms with Crippen LogP contribution in [0.1, 0.15) is 19.4 Å². The number of hydrogen-bond donors (Lipinski definition) is 2. The number of hydrogen-bond acceptors (Lipinski definition) is 5. The molecule has 3 N–H and O–H groups in total. The van der Waals surface area contributed by atoms with E-state index in [4.69, 9.17) is 15.2 Å². The van der Waals surface area contributed by atoms with E-state index in [0.717, 1.165) is 44.8 Å². The van der Waals surface area contributed by atoms with Crippen molar-refractivity contribution in [2.75, 3.05) is 53.5 Å². The Kier molecular flexibility index (Phi) is 8.00. The molecule has 0 aromatic heterocycles. The van der Waals surface area contributed by atoms with Crippen molar-refractivity contribution >= 4 is 5.96 Å². The van der Waals surface area contributed by atoms with Crippen LogP contribution in [0.25, 0.3) is 0 Å². The number of ether oxygens (including phenoxy) is 2. The zero-order valence-electron chi connectivity index (χ0n) is 16.5. The quantitative estimate of drug-likeness (QED) is 0.533. The second-order valence-electron chi connectivity index (χ2n) is 6.59. The average molecular weight is 364 g/mol. The van der Waals surface area contributed by atoms with Crippen LogP contribution in [0.2, 0.25) is 0 Å². The minimum Gasteiger partial charge on any atom is -0.493 e. The Morgan fingerprint density at radius 2 is 1.88 bits per heavy atom. The Morgan fingerprint density at radius 3 is 2.50 bits per heavy atom. The molecule has 1 fully saturated rings. The van der Waals surface area contributed by atoms with Gasteiger partial charge < -0.3 is 25.4 Å². The molecule has 0 spiro atoms. The third-order valence-electron chi connectivity index (χ3n) is 4.94. The summed E-state index contributed by atoms with van der Waals surface area (Å²) in [6.45, 7) is 11.4. The van der Waals surface area contributed by atoms with E-state index < -0.39 is 0 Å². The van der Waals surface area contributed by atoms with E-state index >= 15 is 0 Å². The van der Waals surface area contributed by atoms with E-state index in [9.17, 15) is 0 Å². The minimum atomic E-state index is 0.434. The molecule has 7 heteroatoms. The number of methoxy groups -OCH3 is 2. The summed E-state index contributed by atoms with van der Waals surface area (Å²) in [4.78, 5) is 9.41. The normalized spacial score (nSPS) is 17.8. The van der Waals surface area contributed by atoms with Gasteiger partial charge in [0.25, 0.3) is 0 Å². The summed E-state index contributed by atoms with van der Waals surface area (Å²) in [6, 6.07) is 6.20. The van der Waals surface area contributed by atoms with Gasteiger partial charge in [0.05, 0.1) is 20.8 Å². The molecule has 0 amide bonds. The highest BCUT2D eigenvalue weighted by molar-refractivity contribution is 5.77. The molecule has 0 bridgehead atoms. The van der Waals surface area contributed by atoms with Crippen molar-refractivity contribution in [2.24, 2.45) is 10.7 Å². The van der Waals surface area contributed by atoms with Crippen molar-refractivity contribution in [3.8, 4) is 11.5 Å². The third kappa shape index (κ3) is 5.78. The predicted octanol–water partition coefficient (Wildman–Crippen LogP) is 1.13. The van der Waals surface area contributed by atoms with Gasteiger partial charge in [-0.25, -0.2) is 4.99 Å². The predicted molar refractivity (Wildman–Crippen MR) is 106 cm³/mol. The number of nitrogens with one attached hydrogen (secondary N) is 1. The van der Waals surface area contributed by atoms with E-state index in [-0.39, 0.29) is 0 Å². The molecular formula is C19H33N5O2. The van der Waals surface area contributed by atoms with E-state index in [0.29, 0.717) is 30.0 Å². The zero-order chi connectivity index (χ0) is 18.9. The Balaban J connectivity index is 1.79. The van der Waals surface area contributed by atoms with Gasteiger partial charge in [-0.2, -0.15) is 0 Å². The molecule has 7 nitrogen and oxygen atoms in total. The van der Waals surface area contributed by atoms with E-state index in [1.54, 1.807) is 14.2 Å². The van der Waals surface area contributed by atoms with E-state index in [2.05, 4.69) is 34.0 Å². The summed E-state index contributed by atoms with van der Waals surface area (Å²) in [5.41, 5.74) is 7.05. The topological polar surface area (TPSA) is 75.4 Å². The van der Waals surface area contributed by atoms with Gasteiger partial charge >= 0.3 is 0 Å². The molecule has 1 aliphatic heterocycles. The largest absolute Gasteiger partial charge is 0.493 e. The Bertz CT molecular complexity index is 585. The maximum absolute atomic E-state index is 6.03. The van der Waals surface area contributed by atoms with Crippen molar-refractivity contribution in [3.63, 3.8) is 0 Å². The van der Waals surface area contributed by atoms with Crippen molar-refractivity contribution in [2.45, 2.75) is 26.4 Å². The second-order valence-corrected chi connectivity index (χ2v) is 6.59. The van der Waals surface area contributed by atoms with Gasteiger partial charge in [0, 0.05) is 38.8 Å². The average Bonchev–Trinajstić information content (AvgIpc) is 2.70. The van der Waals surface area contributed by atoms with Crippen LogP contribution in [0.15, 0.2) is 23.2 Å². The molecule has 0 saturated carbocycles. The monoisotopic (exact) mass is 363 g/mol. The number of nitrogens with zero attached hydrogens (tertiary/aromatic N) is 3. The molecule has 146 valence electrons. The smallest absolute Gasteiger partial charge is 0.188 e. The standard InChI is InChI=1S/C19H33N5O2/c1-5-23-8-10-24(11-9-23)15(2)13-21-19(20)22-14-16-6-7-17(25-3)18(12-16)26-4/h6-7,12,15H,5,8-11,13-14H2,1-4H3,(H3,20,21,22). The van der Waals surface area contributed by atoms with Gasteiger partial charge in [0.15, 0.2) is 17.5 Å². The third-order valence-corrected chi connectivity index (χ3v) is 4.94. The van der Waals surface area contributed by atoms with Crippen LogP contribution in [0.4, 0.5) is 0 Å². The van der Waals surface area contributed by atoms with Crippen LogP contribution in [-0.2, 0) is 6.54 Å². The highest BCUT2D eigenvalue weighted by atomic mass is 16.5. The SMILES string of the molecule is CCN1CCN(C(C)CNC(N)=NCc2ccc(OC)c(OC)c2)CC1. The van der Waals surface area contributed by atoms with Gasteiger partial charge in [0.2, 0.25) is 0 Å². The molecule has 1 heterocycles. The summed E-state index contributed by atoms with van der Waals surface area (Å²) in [5.74, 6) is 1.88. The number of piperazine rings is 1. The van der Waals surface area contributed by atoms with E-state index in [1.165, 1.54) is 0 Å². The Morgan fingerprint density at radius 1 is 1.19 bits per heavy atom. The van der Waals surface area contributed by atoms with Crippen LogP contribution >= 0.6 is 0 Å². The second kappa shape index (κ2) is 10.2. The maximum Gasteiger partial charge on any atom is 0.188 e. The number of rotatable bonds is 8. The molecule has 1 saturated heterocycles. The molecule has 1 aromatic carbocycles. The first kappa shape index (κ1) is 20.3. The van der Waals surface area contributed by atoms with Crippen LogP contribution in [0, 0.1) is 0 Å². The first-order chi connectivity index (χ1) is 12.6. The highest BCUT2D eigenvalue weighted by Crippen LogP contribution is 2.27. The molecule has 26 heavy (non-hydrogen) atoms. The maximum atomic E-state index is 6.03. The number of guanidine groups is 1. The van der Waals surface area contributed by atoms with Crippen molar-refractivity contribution in [1.82, 2.24) is 15.1 Å². The molecule has 1 atom stereocenters. The number of likely N-dealkylation sites (N-methyl/N-ethyl adjacent to an activating group) is 1. The lowest BCUT2D eigenvalue weighted by Gasteiger charge is -2.37. The van der Waals surface area contributed by atoms with Crippen LogP contribution < -0.4 is 20.5 Å². The van der Waals surface area contributed by atoms with Gasteiger partial charge in [-0.3, -0.25) is 4.90 Å². The fraction of sp³-hybridized carbons (Fsp3) is 0.632. The van der Waals surface area contributed by atoms with Gasteiger partial charge in [-0.05, 0) is 31.2 Å². The fourth-order valence-electron chi connectivity index (χ4n) is 3.11. The molecule has 2 rings (SSSR count). The fourth-order valence-corrected chi connectivity index (χ4v) is 3.11. The zero-order valence-corrected chi connectivity index (χ0v) is 16.5. The molecule has 0 aliphatic carbocycles. The van der Waals surface area contributed by atoms with Crippen LogP contribution in [-0.4, -0.2) is 75.3 Å². The number of nitrogens with two attached hydrogens (primary N) is 1. The first-order valence-corrected chi connectivity index (χ1v) is 9.28. The lowest BCUT2D eigenvalue weighted by atomic mass is 10.2. The Labute approximate surface area is 157 Å². The molecule has 1 aliphatic rings. The van der Waals surface area contributed by atoms with Crippen LogP contribution in [0.3, 0.4) is 0 Å². The Hall–Kier alpha value is -1.99. The highest BCUT2D eigenvalue weighted by Gasteiger charge is 2.19. The molecule has 1 unspecified atom stereocenters. The molecular weight excluding hydrogens is 330 g/mol. The van der Waals surface area contributed by atoms with E-state index in [1.807, 2.05) is 18.2 Å². The lowest BCUT2D eigenvalue weighted by Crippen LogP contribution is -2.52. The van der Waals surface area contributed by atoms with Gasteiger partial charge in [-0.15, -0.1) is 0 Å². The lowest BCUT2D eigenvalue weighted by molar-refractivity contribution is 0.107. The summed E-state index contributed by atoms with van der Waals surface area (Å²) < 4.78 is 10.6. The summed E-state index contributed by atoms with van der Waals surface area (Å²) in [5, 5.41) is 3.24. The summed E-state index contributed by atoms with van der Waals surface area (Å²) in [7, 11) is 3.25. The first-order valence-electron chi connectivity index (χ1n) is 9.28. The minimum absolute atomic E-state index is 0.434. The van der Waals surface area contributed by atoms with Gasteiger partial charge in [-0.1, -0.05) is 13.0 Å². The number of aliphatic imine (C=N–C) groups is 1. The summed E-state index contributed by atoms with van der Waals surface area (Å²) in [6.07, 6.45) is 0. The van der Waals surface area contributed by atoms with Crippen molar-refractivity contribution < 1.29 is 9.47 Å². The molecule has 1 aromatic rings. The van der Waals surface area contributed by atoms with Crippen LogP contribution in [0.5, 0.6) is 11.5 Å². The molecule has 0 radical (unpaired) electrons. The van der Waals surface area contributed by atoms with Gasteiger partial charge in [0.1, 0.15) is 0 Å². The van der Waals surface area contributed by atoms with Crippen molar-refractivity contribution in [3.05, 3.63) is 23.8 Å². The summed E-state index contributed by atoms with van der Waals surface area (Å²) >= 11 is 0. The van der Waals surface area contributed by atoms with Crippen molar-refractivity contribution in [1.29, 1.82) is 0 Å². The number of benzene rings is 1.